The molecule has 3 N–H and O–H groups in total. The molecule has 0 aromatic carbocycles. The molecule has 0 amide bonds. The number of aliphatic hydroxyl groups excluding tert-OH is 1. The van der Waals surface area contributed by atoms with Crippen LogP contribution in [0.4, 0.5) is 11.5 Å². The van der Waals surface area contributed by atoms with E-state index < -0.39 is 0 Å². The Morgan fingerprint density at radius 1 is 1.53 bits per heavy atom. The number of rotatable bonds is 2. The summed E-state index contributed by atoms with van der Waals surface area (Å²) in [6, 6.07) is 3.85. The third kappa shape index (κ3) is 2.21. The third-order valence-corrected chi connectivity index (χ3v) is 2.90. The number of pyridine rings is 1. The molecule has 0 saturated carbocycles. The fraction of sp³-hybridized carbons (Fsp3) is 0.545. The van der Waals surface area contributed by atoms with Crippen LogP contribution >= 0.6 is 0 Å². The van der Waals surface area contributed by atoms with Gasteiger partial charge in [-0.25, -0.2) is 4.98 Å². The summed E-state index contributed by atoms with van der Waals surface area (Å²) in [6.45, 7) is 1.15. The van der Waals surface area contributed by atoms with E-state index in [0.717, 1.165) is 30.9 Å². The molecule has 2 heterocycles. The van der Waals surface area contributed by atoms with Crippen LogP contribution in [0.25, 0.3) is 0 Å². The highest BCUT2D eigenvalue weighted by atomic mass is 16.3. The Labute approximate surface area is 89.7 Å². The molecule has 1 atom stereocenters. The minimum atomic E-state index is 0.191. The highest BCUT2D eigenvalue weighted by Crippen LogP contribution is 2.23. The van der Waals surface area contributed by atoms with Crippen LogP contribution in [0.5, 0.6) is 0 Å². The summed E-state index contributed by atoms with van der Waals surface area (Å²) in [4.78, 5) is 6.45. The minimum Gasteiger partial charge on any atom is -0.399 e. The second kappa shape index (κ2) is 4.49. The van der Waals surface area contributed by atoms with E-state index in [2.05, 4.69) is 9.88 Å². The second-order valence-electron chi connectivity index (χ2n) is 3.97. The van der Waals surface area contributed by atoms with E-state index in [9.17, 15) is 5.11 Å². The quantitative estimate of drug-likeness (QED) is 0.760. The molecule has 2 rings (SSSR count). The van der Waals surface area contributed by atoms with Gasteiger partial charge >= 0.3 is 0 Å². The van der Waals surface area contributed by atoms with E-state index in [1.165, 1.54) is 6.42 Å². The Morgan fingerprint density at radius 2 is 2.40 bits per heavy atom. The average Bonchev–Trinajstić information content (AvgIpc) is 2.29. The van der Waals surface area contributed by atoms with Gasteiger partial charge in [0.05, 0.1) is 12.6 Å². The first-order chi connectivity index (χ1) is 7.31. The largest absolute Gasteiger partial charge is 0.399 e. The first-order valence-electron chi connectivity index (χ1n) is 5.40. The monoisotopic (exact) mass is 207 g/mol. The van der Waals surface area contributed by atoms with Crippen LogP contribution in [-0.4, -0.2) is 29.3 Å². The van der Waals surface area contributed by atoms with Gasteiger partial charge < -0.3 is 15.7 Å². The number of nitrogens with two attached hydrogens (primary N) is 1. The van der Waals surface area contributed by atoms with Crippen molar-refractivity contribution < 1.29 is 5.11 Å². The lowest BCUT2D eigenvalue weighted by Gasteiger charge is -2.35. The van der Waals surface area contributed by atoms with E-state index in [0.29, 0.717) is 0 Å². The maximum absolute atomic E-state index is 9.29. The SMILES string of the molecule is Nc1ccnc(N2CCCCC2CO)c1. The highest BCUT2D eigenvalue weighted by molar-refractivity contribution is 5.51. The topological polar surface area (TPSA) is 62.4 Å². The summed E-state index contributed by atoms with van der Waals surface area (Å²) in [5.41, 5.74) is 6.45. The smallest absolute Gasteiger partial charge is 0.130 e. The second-order valence-corrected chi connectivity index (χ2v) is 3.97. The van der Waals surface area contributed by atoms with Crippen LogP contribution in [-0.2, 0) is 0 Å². The lowest BCUT2D eigenvalue weighted by molar-refractivity contribution is 0.239. The first kappa shape index (κ1) is 10.2. The maximum Gasteiger partial charge on any atom is 0.130 e. The number of hydrogen-bond acceptors (Lipinski definition) is 4. The average molecular weight is 207 g/mol. The zero-order chi connectivity index (χ0) is 10.7. The van der Waals surface area contributed by atoms with Crippen LogP contribution in [0.1, 0.15) is 19.3 Å². The molecule has 1 saturated heterocycles. The van der Waals surface area contributed by atoms with E-state index in [1.54, 1.807) is 12.3 Å². The molecule has 4 heteroatoms. The standard InChI is InChI=1S/C11H17N3O/c12-9-4-5-13-11(7-9)14-6-2-1-3-10(14)8-15/h4-5,7,10,15H,1-3,6,8H2,(H2,12,13). The molecule has 1 aromatic heterocycles. The molecule has 0 aliphatic carbocycles. The molecule has 1 fully saturated rings. The Morgan fingerprint density at radius 3 is 3.13 bits per heavy atom. The van der Waals surface area contributed by atoms with Gasteiger partial charge in [-0.15, -0.1) is 0 Å². The molecule has 1 unspecified atom stereocenters. The predicted octanol–water partition coefficient (Wildman–Crippen LogP) is 1.02. The lowest BCUT2D eigenvalue weighted by atomic mass is 10.0. The first-order valence-corrected chi connectivity index (χ1v) is 5.40. The van der Waals surface area contributed by atoms with Gasteiger partial charge in [0.2, 0.25) is 0 Å². The molecule has 1 aliphatic heterocycles. The molecule has 0 radical (unpaired) electrons. The van der Waals surface area contributed by atoms with Crippen molar-refractivity contribution in [2.45, 2.75) is 25.3 Å². The van der Waals surface area contributed by atoms with Crippen molar-refractivity contribution in [2.24, 2.45) is 0 Å². The summed E-state index contributed by atoms with van der Waals surface area (Å²) < 4.78 is 0. The van der Waals surface area contributed by atoms with Gasteiger partial charge in [-0.2, -0.15) is 0 Å². The zero-order valence-electron chi connectivity index (χ0n) is 8.76. The van der Waals surface area contributed by atoms with Gasteiger partial charge in [-0.1, -0.05) is 0 Å². The molecule has 1 aromatic rings. The Kier molecular flexibility index (Phi) is 3.06. The van der Waals surface area contributed by atoms with Gasteiger partial charge in [-0.05, 0) is 25.3 Å². The lowest BCUT2D eigenvalue weighted by Crippen LogP contribution is -2.42. The molecular weight excluding hydrogens is 190 g/mol. The summed E-state index contributed by atoms with van der Waals surface area (Å²) >= 11 is 0. The van der Waals surface area contributed by atoms with Crippen LogP contribution in [0.3, 0.4) is 0 Å². The number of hydrogen-bond donors (Lipinski definition) is 2. The summed E-state index contributed by atoms with van der Waals surface area (Å²) in [7, 11) is 0. The highest BCUT2D eigenvalue weighted by Gasteiger charge is 2.22. The minimum absolute atomic E-state index is 0.191. The van der Waals surface area contributed by atoms with Crippen molar-refractivity contribution in [1.82, 2.24) is 4.98 Å². The summed E-state index contributed by atoms with van der Waals surface area (Å²) in [5.74, 6) is 0.883. The Balaban J connectivity index is 2.20. The number of piperidine rings is 1. The zero-order valence-corrected chi connectivity index (χ0v) is 8.76. The van der Waals surface area contributed by atoms with Crippen molar-refractivity contribution in [3.63, 3.8) is 0 Å². The van der Waals surface area contributed by atoms with E-state index >= 15 is 0 Å². The number of nitrogen functional groups attached to an aromatic ring is 1. The fourth-order valence-corrected chi connectivity index (χ4v) is 2.08. The predicted molar refractivity (Wildman–Crippen MR) is 60.7 cm³/mol. The van der Waals surface area contributed by atoms with Gasteiger partial charge in [-0.3, -0.25) is 0 Å². The van der Waals surface area contributed by atoms with Crippen LogP contribution in [0.15, 0.2) is 18.3 Å². The van der Waals surface area contributed by atoms with E-state index in [1.807, 2.05) is 6.07 Å². The van der Waals surface area contributed by atoms with E-state index in [4.69, 9.17) is 5.73 Å². The Hall–Kier alpha value is -1.29. The van der Waals surface area contributed by atoms with E-state index in [-0.39, 0.29) is 12.6 Å². The van der Waals surface area contributed by atoms with Crippen LogP contribution < -0.4 is 10.6 Å². The number of aromatic nitrogens is 1. The van der Waals surface area contributed by atoms with Crippen LogP contribution in [0.2, 0.25) is 0 Å². The van der Waals surface area contributed by atoms with Crippen molar-refractivity contribution in [3.8, 4) is 0 Å². The van der Waals surface area contributed by atoms with Gasteiger partial charge in [0.25, 0.3) is 0 Å². The van der Waals surface area contributed by atoms with Crippen LogP contribution in [0, 0.1) is 0 Å². The molecular formula is C11H17N3O. The van der Waals surface area contributed by atoms with Crippen molar-refractivity contribution in [3.05, 3.63) is 18.3 Å². The normalized spacial score (nSPS) is 21.7. The molecule has 0 spiro atoms. The van der Waals surface area contributed by atoms with Crippen molar-refractivity contribution in [1.29, 1.82) is 0 Å². The number of anilines is 2. The van der Waals surface area contributed by atoms with Gasteiger partial charge in [0.15, 0.2) is 0 Å². The molecule has 4 nitrogen and oxygen atoms in total. The Bertz CT molecular complexity index is 329. The molecule has 1 aliphatic rings. The fourth-order valence-electron chi connectivity index (χ4n) is 2.08. The molecule has 82 valence electrons. The summed E-state index contributed by atoms with van der Waals surface area (Å²) in [6.07, 6.45) is 5.09. The number of nitrogens with zero attached hydrogens (tertiary/aromatic N) is 2. The summed E-state index contributed by atoms with van der Waals surface area (Å²) in [5, 5.41) is 9.29. The molecule has 0 bridgehead atoms. The van der Waals surface area contributed by atoms with Gasteiger partial charge in [0, 0.05) is 24.5 Å². The van der Waals surface area contributed by atoms with Crippen molar-refractivity contribution in [2.75, 3.05) is 23.8 Å². The third-order valence-electron chi connectivity index (χ3n) is 2.90. The molecule has 15 heavy (non-hydrogen) atoms. The maximum atomic E-state index is 9.29. The van der Waals surface area contributed by atoms with Crippen molar-refractivity contribution >= 4 is 11.5 Å². The van der Waals surface area contributed by atoms with Gasteiger partial charge in [0.1, 0.15) is 5.82 Å². The number of aliphatic hydroxyl groups is 1.